The molecule has 0 N–H and O–H groups in total. The first-order chi connectivity index (χ1) is 20.7. The van der Waals surface area contributed by atoms with Crippen LogP contribution < -0.4 is 28.7 Å². The van der Waals surface area contributed by atoms with Gasteiger partial charge in [-0.05, 0) is 44.5 Å². The van der Waals surface area contributed by atoms with Crippen LogP contribution in [0, 0.1) is 5.41 Å². The van der Waals surface area contributed by atoms with Crippen LogP contribution in [0.15, 0.2) is 42.5 Å². The van der Waals surface area contributed by atoms with E-state index in [9.17, 15) is 4.79 Å². The van der Waals surface area contributed by atoms with E-state index in [0.717, 1.165) is 48.0 Å². The maximum absolute atomic E-state index is 13.3. The Hall–Kier alpha value is -1.31. The van der Waals surface area contributed by atoms with Gasteiger partial charge in [0.2, 0.25) is 6.73 Å². The summed E-state index contributed by atoms with van der Waals surface area (Å²) in [6, 6.07) is 14.3. The molecule has 1 saturated heterocycles. The molecule has 2 aromatic carbocycles. The molecule has 0 spiro atoms. The number of benzene rings is 2. The molecule has 3 unspecified atom stereocenters. The summed E-state index contributed by atoms with van der Waals surface area (Å²) >= 11 is 6.44. The number of hydrogen-bond acceptors (Lipinski definition) is 3. The van der Waals surface area contributed by atoms with Crippen molar-refractivity contribution in [1.82, 2.24) is 0 Å². The van der Waals surface area contributed by atoms with Crippen LogP contribution in [0.3, 0.4) is 0 Å². The molecule has 1 fully saturated rings. The first kappa shape index (κ1) is 37.2. The van der Waals surface area contributed by atoms with E-state index in [2.05, 4.69) is 52.1 Å². The minimum absolute atomic E-state index is 0. The minimum Gasteiger partial charge on any atom is -1.00 e. The number of likely N-dealkylation sites (N-methyl/N-ethyl adjacent to an activating group) is 1. The van der Waals surface area contributed by atoms with Gasteiger partial charge in [-0.25, -0.2) is 0 Å². The van der Waals surface area contributed by atoms with Crippen molar-refractivity contribution in [2.24, 2.45) is 5.41 Å². The van der Waals surface area contributed by atoms with Crippen molar-refractivity contribution < 1.29 is 42.7 Å². The maximum atomic E-state index is 13.3. The predicted octanol–water partition coefficient (Wildman–Crippen LogP) is 8.18. The van der Waals surface area contributed by atoms with Gasteiger partial charge in [0.25, 0.3) is 0 Å². The Kier molecular flexibility index (Phi) is 15.3. The summed E-state index contributed by atoms with van der Waals surface area (Å²) in [5, 5.41) is 0.727. The highest BCUT2D eigenvalue weighted by Crippen LogP contribution is 2.51. The molecular weight excluding hydrogens is 681 g/mol. The van der Waals surface area contributed by atoms with E-state index in [-0.39, 0.29) is 41.8 Å². The standard InChI is InChI=1S/C38H57ClNO3.HI/c1-5-6-7-8-9-10-11-12-13-14-15-16-17-20-25-38(2,3)37(41)42-29-40(4)27-33-31-21-18-19-22-35(31)43-36-24-23-30(39)26-32(36)34(33)28-40;/h18-19,21-24,26,33-34H,5-17,20,25,27-29H2,1-4H3;1H/q+1;/p-1. The highest BCUT2D eigenvalue weighted by molar-refractivity contribution is 6.30. The van der Waals surface area contributed by atoms with Gasteiger partial charge in [-0.2, -0.15) is 0 Å². The topological polar surface area (TPSA) is 35.5 Å². The zero-order valence-electron chi connectivity index (χ0n) is 27.9. The number of rotatable bonds is 18. The third-order valence-corrected chi connectivity index (χ3v) is 10.1. The summed E-state index contributed by atoms with van der Waals surface area (Å²) in [6.07, 6.45) is 19.7. The number of unbranched alkanes of at least 4 members (excludes halogenated alkanes) is 13. The van der Waals surface area contributed by atoms with Gasteiger partial charge in [-0.15, -0.1) is 0 Å². The number of halogens is 2. The number of para-hydroxylation sites is 1. The zero-order chi connectivity index (χ0) is 30.7. The SMILES string of the molecule is CCCCCCCCCCCCCCCCC(C)(C)C(=O)OC[N+]1(C)CC2c3ccccc3Oc3ccc(Cl)cc3C2C1.[I-]. The number of carbonyl (C=O) groups is 1. The smallest absolute Gasteiger partial charge is 0.315 e. The summed E-state index contributed by atoms with van der Waals surface area (Å²) in [6.45, 7) is 8.55. The van der Waals surface area contributed by atoms with Gasteiger partial charge >= 0.3 is 5.97 Å². The molecule has 0 bridgehead atoms. The van der Waals surface area contributed by atoms with Crippen molar-refractivity contribution in [3.8, 4) is 11.5 Å². The maximum Gasteiger partial charge on any atom is 0.315 e. The number of fused-ring (bicyclic) bond motifs is 5. The molecule has 2 aromatic rings. The van der Waals surface area contributed by atoms with E-state index in [1.165, 1.54) is 89.0 Å². The van der Waals surface area contributed by atoms with E-state index in [1.54, 1.807) is 0 Å². The van der Waals surface area contributed by atoms with Crippen LogP contribution in [0.4, 0.5) is 0 Å². The summed E-state index contributed by atoms with van der Waals surface area (Å²) in [7, 11) is 2.22. The lowest BCUT2D eigenvalue weighted by Crippen LogP contribution is -3.00. The van der Waals surface area contributed by atoms with Crippen molar-refractivity contribution in [2.45, 2.75) is 129 Å². The first-order valence-electron chi connectivity index (χ1n) is 17.3. The fourth-order valence-electron chi connectivity index (χ4n) is 7.19. The van der Waals surface area contributed by atoms with E-state index < -0.39 is 5.41 Å². The molecule has 4 nitrogen and oxygen atoms in total. The lowest BCUT2D eigenvalue weighted by molar-refractivity contribution is -0.915. The fraction of sp³-hybridized carbons (Fsp3) is 0.658. The van der Waals surface area contributed by atoms with Gasteiger partial charge in [0, 0.05) is 28.0 Å². The number of ether oxygens (including phenoxy) is 2. The van der Waals surface area contributed by atoms with E-state index in [4.69, 9.17) is 21.1 Å². The highest BCUT2D eigenvalue weighted by Gasteiger charge is 2.48. The van der Waals surface area contributed by atoms with Crippen LogP contribution >= 0.6 is 11.6 Å². The molecule has 2 aliphatic rings. The summed E-state index contributed by atoms with van der Waals surface area (Å²) < 4.78 is 13.1. The average molecular weight is 738 g/mol. The van der Waals surface area contributed by atoms with Crippen molar-refractivity contribution in [3.63, 3.8) is 0 Å². The van der Waals surface area contributed by atoms with Crippen LogP contribution in [0.1, 0.15) is 140 Å². The Morgan fingerprint density at radius 2 is 1.34 bits per heavy atom. The zero-order valence-corrected chi connectivity index (χ0v) is 30.8. The van der Waals surface area contributed by atoms with Gasteiger partial charge in [-0.3, -0.25) is 9.28 Å². The van der Waals surface area contributed by atoms with Gasteiger partial charge in [0.15, 0.2) is 0 Å². The molecule has 0 amide bonds. The Balaban J connectivity index is 0.00000529. The van der Waals surface area contributed by atoms with E-state index in [0.29, 0.717) is 11.2 Å². The second kappa shape index (κ2) is 18.1. The molecule has 0 radical (unpaired) electrons. The monoisotopic (exact) mass is 737 g/mol. The summed E-state index contributed by atoms with van der Waals surface area (Å²) in [4.78, 5) is 13.3. The van der Waals surface area contributed by atoms with Gasteiger partial charge in [-0.1, -0.05) is 127 Å². The third kappa shape index (κ3) is 10.6. The predicted molar refractivity (Wildman–Crippen MR) is 179 cm³/mol. The molecule has 2 aliphatic heterocycles. The second-order valence-electron chi connectivity index (χ2n) is 14.3. The Morgan fingerprint density at radius 3 is 1.95 bits per heavy atom. The van der Waals surface area contributed by atoms with Crippen LogP contribution in [-0.2, 0) is 9.53 Å². The van der Waals surface area contributed by atoms with E-state index in [1.807, 2.05) is 18.2 Å². The lowest BCUT2D eigenvalue weighted by atomic mass is 9.84. The molecule has 3 atom stereocenters. The minimum atomic E-state index is -0.458. The number of likely N-dealkylation sites (tertiary alicyclic amines) is 1. The quantitative estimate of drug-likeness (QED) is 0.0671. The van der Waals surface area contributed by atoms with Crippen molar-refractivity contribution in [2.75, 3.05) is 26.9 Å². The molecule has 0 aliphatic carbocycles. The van der Waals surface area contributed by atoms with E-state index >= 15 is 0 Å². The van der Waals surface area contributed by atoms with Crippen LogP contribution in [0.2, 0.25) is 5.02 Å². The Morgan fingerprint density at radius 1 is 0.818 bits per heavy atom. The van der Waals surface area contributed by atoms with Gasteiger partial charge in [0.1, 0.15) is 11.5 Å². The molecule has 6 heteroatoms. The highest BCUT2D eigenvalue weighted by atomic mass is 127. The number of carbonyl (C=O) groups excluding carboxylic acids is 1. The van der Waals surface area contributed by atoms with Crippen LogP contribution in [-0.4, -0.2) is 37.3 Å². The van der Waals surface area contributed by atoms with Gasteiger partial charge < -0.3 is 33.5 Å². The second-order valence-corrected chi connectivity index (χ2v) is 14.7. The molecule has 246 valence electrons. The van der Waals surface area contributed by atoms with Crippen molar-refractivity contribution >= 4 is 17.6 Å². The van der Waals surface area contributed by atoms with Crippen molar-refractivity contribution in [3.05, 3.63) is 58.6 Å². The molecule has 4 rings (SSSR count). The Bertz CT molecular complexity index is 1170. The molecule has 0 aromatic heterocycles. The Labute approximate surface area is 290 Å². The molecule has 2 heterocycles. The fourth-order valence-corrected chi connectivity index (χ4v) is 7.37. The molecular formula is C38H57ClINO3. The first-order valence-corrected chi connectivity index (χ1v) is 17.7. The number of esters is 1. The van der Waals surface area contributed by atoms with Crippen LogP contribution in [0.25, 0.3) is 0 Å². The molecule has 44 heavy (non-hydrogen) atoms. The summed E-state index contributed by atoms with van der Waals surface area (Å²) in [5.74, 6) is 2.26. The number of nitrogens with zero attached hydrogens (tertiary/aromatic N) is 1. The third-order valence-electron chi connectivity index (χ3n) is 9.89. The van der Waals surface area contributed by atoms with Crippen LogP contribution in [0.5, 0.6) is 11.5 Å². The lowest BCUT2D eigenvalue weighted by Gasteiger charge is -2.31. The largest absolute Gasteiger partial charge is 1.00 e. The normalized spacial score (nSPS) is 20.5. The average Bonchev–Trinajstić information content (AvgIpc) is 3.29. The van der Waals surface area contributed by atoms with Gasteiger partial charge in [0.05, 0.1) is 25.6 Å². The number of quaternary nitrogens is 1. The van der Waals surface area contributed by atoms with Crippen molar-refractivity contribution in [1.29, 1.82) is 0 Å². The number of hydrogen-bond donors (Lipinski definition) is 0. The molecule has 0 saturated carbocycles. The summed E-state index contributed by atoms with van der Waals surface area (Å²) in [5.41, 5.74) is 1.92.